The average Bonchev–Trinajstić information content (AvgIpc) is 2.30. The fourth-order valence-corrected chi connectivity index (χ4v) is 1.74. The van der Waals surface area contributed by atoms with Crippen molar-refractivity contribution in [1.82, 2.24) is 9.97 Å². The van der Waals surface area contributed by atoms with Gasteiger partial charge < -0.3 is 11.1 Å². The summed E-state index contributed by atoms with van der Waals surface area (Å²) in [6, 6.07) is 7.42. The van der Waals surface area contributed by atoms with Gasteiger partial charge >= 0.3 is 5.69 Å². The minimum Gasteiger partial charge on any atom is -0.368 e. The average molecular weight is 259 g/mol. The summed E-state index contributed by atoms with van der Waals surface area (Å²) in [6.07, 6.45) is 0. The molecule has 7 heteroatoms. The van der Waals surface area contributed by atoms with Crippen LogP contribution in [-0.4, -0.2) is 14.9 Å². The molecule has 0 saturated carbocycles. The van der Waals surface area contributed by atoms with Gasteiger partial charge in [0, 0.05) is 5.69 Å². The van der Waals surface area contributed by atoms with Gasteiger partial charge in [-0.25, -0.2) is 4.98 Å². The molecule has 0 unspecified atom stereocenters. The van der Waals surface area contributed by atoms with E-state index in [1.54, 1.807) is 0 Å². The molecule has 2 aromatic rings. The van der Waals surface area contributed by atoms with Crippen LogP contribution in [0.2, 0.25) is 0 Å². The lowest BCUT2D eigenvalue weighted by Gasteiger charge is -2.10. The number of benzene rings is 1. The largest absolute Gasteiger partial charge is 0.368 e. The molecule has 0 spiro atoms. The summed E-state index contributed by atoms with van der Waals surface area (Å²) in [6.45, 7) is 3.42. The van der Waals surface area contributed by atoms with Crippen LogP contribution < -0.4 is 11.1 Å². The van der Waals surface area contributed by atoms with Crippen LogP contribution >= 0.6 is 0 Å². The SMILES string of the molecule is Cc1ccccc1Nc1nc(N)nc(C)c1[N+](=O)[O-]. The maximum absolute atomic E-state index is 11.1. The van der Waals surface area contributed by atoms with E-state index in [0.717, 1.165) is 11.3 Å². The summed E-state index contributed by atoms with van der Waals surface area (Å²) >= 11 is 0. The van der Waals surface area contributed by atoms with Crippen LogP contribution in [0.1, 0.15) is 11.3 Å². The number of nitrogens with two attached hydrogens (primary N) is 1. The first kappa shape index (κ1) is 12.7. The van der Waals surface area contributed by atoms with Crippen LogP contribution in [0, 0.1) is 24.0 Å². The Bertz CT molecular complexity index is 642. The highest BCUT2D eigenvalue weighted by molar-refractivity contribution is 5.69. The predicted molar refractivity (Wildman–Crippen MR) is 72.3 cm³/mol. The Hall–Kier alpha value is -2.70. The molecular formula is C12H13N5O2. The minimum absolute atomic E-state index is 0.000755. The van der Waals surface area contributed by atoms with E-state index in [1.807, 2.05) is 31.2 Å². The Labute approximate surface area is 109 Å². The van der Waals surface area contributed by atoms with Crippen molar-refractivity contribution in [3.8, 4) is 0 Å². The lowest BCUT2D eigenvalue weighted by atomic mass is 10.2. The second-order valence-electron chi connectivity index (χ2n) is 4.06. The molecule has 19 heavy (non-hydrogen) atoms. The van der Waals surface area contributed by atoms with Crippen molar-refractivity contribution in [2.75, 3.05) is 11.1 Å². The van der Waals surface area contributed by atoms with Gasteiger partial charge in [-0.05, 0) is 25.5 Å². The number of hydrogen-bond donors (Lipinski definition) is 2. The Balaban J connectivity index is 2.51. The zero-order valence-corrected chi connectivity index (χ0v) is 10.5. The topological polar surface area (TPSA) is 107 Å². The Morgan fingerprint density at radius 1 is 1.26 bits per heavy atom. The molecule has 0 aliphatic rings. The van der Waals surface area contributed by atoms with E-state index < -0.39 is 4.92 Å². The standard InChI is InChI=1S/C12H13N5O2/c1-7-5-3-4-6-9(7)15-11-10(17(18)19)8(2)14-12(13)16-11/h3-6H,1-2H3,(H3,13,14,15,16). The van der Waals surface area contributed by atoms with Crippen molar-refractivity contribution >= 4 is 23.1 Å². The predicted octanol–water partition coefficient (Wildman–Crippen LogP) is 2.33. The van der Waals surface area contributed by atoms with Crippen LogP contribution in [0.4, 0.5) is 23.1 Å². The van der Waals surface area contributed by atoms with Crippen molar-refractivity contribution in [3.05, 3.63) is 45.6 Å². The van der Waals surface area contributed by atoms with Gasteiger partial charge in [-0.2, -0.15) is 4.98 Å². The lowest BCUT2D eigenvalue weighted by Crippen LogP contribution is -2.07. The minimum atomic E-state index is -0.518. The number of nitrogen functional groups attached to an aromatic ring is 1. The molecule has 1 heterocycles. The van der Waals surface area contributed by atoms with Crippen LogP contribution in [0.5, 0.6) is 0 Å². The van der Waals surface area contributed by atoms with Gasteiger partial charge in [-0.15, -0.1) is 0 Å². The third kappa shape index (κ3) is 2.59. The van der Waals surface area contributed by atoms with E-state index in [0.29, 0.717) is 0 Å². The number of hydrogen-bond acceptors (Lipinski definition) is 6. The smallest absolute Gasteiger partial charge is 0.332 e. The molecule has 1 aromatic heterocycles. The molecule has 0 saturated heterocycles. The number of para-hydroxylation sites is 1. The highest BCUT2D eigenvalue weighted by atomic mass is 16.6. The van der Waals surface area contributed by atoms with E-state index in [1.165, 1.54) is 6.92 Å². The Morgan fingerprint density at radius 2 is 1.95 bits per heavy atom. The van der Waals surface area contributed by atoms with Crippen molar-refractivity contribution in [3.63, 3.8) is 0 Å². The van der Waals surface area contributed by atoms with Gasteiger partial charge in [-0.1, -0.05) is 18.2 Å². The molecule has 0 aliphatic heterocycles. The Morgan fingerprint density at radius 3 is 2.58 bits per heavy atom. The zero-order chi connectivity index (χ0) is 14.0. The van der Waals surface area contributed by atoms with Crippen LogP contribution in [0.25, 0.3) is 0 Å². The second-order valence-corrected chi connectivity index (χ2v) is 4.06. The highest BCUT2D eigenvalue weighted by Gasteiger charge is 2.21. The number of nitrogens with zero attached hydrogens (tertiary/aromatic N) is 3. The number of rotatable bonds is 3. The lowest BCUT2D eigenvalue weighted by molar-refractivity contribution is -0.385. The fraction of sp³-hybridized carbons (Fsp3) is 0.167. The molecule has 0 atom stereocenters. The molecule has 7 nitrogen and oxygen atoms in total. The number of anilines is 3. The van der Waals surface area contributed by atoms with E-state index in [4.69, 9.17) is 5.73 Å². The first-order valence-electron chi connectivity index (χ1n) is 5.60. The van der Waals surface area contributed by atoms with Crippen molar-refractivity contribution in [2.24, 2.45) is 0 Å². The van der Waals surface area contributed by atoms with Crippen molar-refractivity contribution in [2.45, 2.75) is 13.8 Å². The van der Waals surface area contributed by atoms with Gasteiger partial charge in [0.05, 0.1) is 4.92 Å². The molecule has 0 amide bonds. The normalized spacial score (nSPS) is 10.2. The first-order valence-corrected chi connectivity index (χ1v) is 5.60. The molecule has 0 aliphatic carbocycles. The van der Waals surface area contributed by atoms with E-state index >= 15 is 0 Å². The molecule has 0 fully saturated rings. The second kappa shape index (κ2) is 4.89. The maximum atomic E-state index is 11.1. The van der Waals surface area contributed by atoms with Crippen LogP contribution in [0.15, 0.2) is 24.3 Å². The van der Waals surface area contributed by atoms with Crippen molar-refractivity contribution < 1.29 is 4.92 Å². The monoisotopic (exact) mass is 259 g/mol. The van der Waals surface area contributed by atoms with E-state index in [-0.39, 0.29) is 23.1 Å². The quantitative estimate of drug-likeness (QED) is 0.647. The number of nitrogens with one attached hydrogen (secondary N) is 1. The molecule has 1 aromatic carbocycles. The summed E-state index contributed by atoms with van der Waals surface area (Å²) in [5.74, 6) is 0.100. The molecule has 98 valence electrons. The van der Waals surface area contributed by atoms with Gasteiger partial charge in [0.1, 0.15) is 5.69 Å². The summed E-state index contributed by atoms with van der Waals surface area (Å²) in [5.41, 5.74) is 7.29. The number of aryl methyl sites for hydroxylation is 2. The Kier molecular flexibility index (Phi) is 3.28. The van der Waals surface area contributed by atoms with Gasteiger partial charge in [0.25, 0.3) is 0 Å². The summed E-state index contributed by atoms with van der Waals surface area (Å²) in [4.78, 5) is 18.3. The van der Waals surface area contributed by atoms with E-state index in [9.17, 15) is 10.1 Å². The van der Waals surface area contributed by atoms with Gasteiger partial charge in [0.15, 0.2) is 0 Å². The van der Waals surface area contributed by atoms with E-state index in [2.05, 4.69) is 15.3 Å². The molecule has 0 bridgehead atoms. The maximum Gasteiger partial charge on any atom is 0.332 e. The first-order chi connectivity index (χ1) is 8.99. The molecule has 2 rings (SSSR count). The third-order valence-corrected chi connectivity index (χ3v) is 2.66. The van der Waals surface area contributed by atoms with Crippen LogP contribution in [-0.2, 0) is 0 Å². The molecular weight excluding hydrogens is 246 g/mol. The summed E-state index contributed by atoms with van der Waals surface area (Å²) in [7, 11) is 0. The fourth-order valence-electron chi connectivity index (χ4n) is 1.74. The summed E-state index contributed by atoms with van der Waals surface area (Å²) in [5, 5.41) is 14.0. The highest BCUT2D eigenvalue weighted by Crippen LogP contribution is 2.29. The molecule has 3 N–H and O–H groups in total. The van der Waals surface area contributed by atoms with Crippen molar-refractivity contribution in [1.29, 1.82) is 0 Å². The molecule has 0 radical (unpaired) electrons. The third-order valence-electron chi connectivity index (χ3n) is 2.66. The number of aromatic nitrogens is 2. The zero-order valence-electron chi connectivity index (χ0n) is 10.5. The summed E-state index contributed by atoms with van der Waals surface area (Å²) < 4.78 is 0. The van der Waals surface area contributed by atoms with Crippen LogP contribution in [0.3, 0.4) is 0 Å². The number of nitro groups is 1. The van der Waals surface area contributed by atoms with Gasteiger partial charge in [-0.3, -0.25) is 10.1 Å². The van der Waals surface area contributed by atoms with Gasteiger partial charge in [0.2, 0.25) is 11.8 Å².